The van der Waals surface area contributed by atoms with Crippen molar-refractivity contribution in [3.63, 3.8) is 0 Å². The van der Waals surface area contributed by atoms with E-state index in [0.717, 1.165) is 63.1 Å². The van der Waals surface area contributed by atoms with Crippen LogP contribution >= 0.6 is 23.1 Å². The average molecular weight is 531 g/mol. The zero-order chi connectivity index (χ0) is 26.2. The molecule has 7 heteroatoms. The summed E-state index contributed by atoms with van der Waals surface area (Å²) in [7, 11) is 0. The second-order valence-electron chi connectivity index (χ2n) is 9.55. The highest BCUT2D eigenvalue weighted by Crippen LogP contribution is 2.46. The molecule has 1 heterocycles. The van der Waals surface area contributed by atoms with E-state index in [1.807, 2.05) is 31.2 Å². The van der Waals surface area contributed by atoms with Crippen LogP contribution in [0, 0.1) is 13.8 Å². The van der Waals surface area contributed by atoms with Gasteiger partial charge in [0.15, 0.2) is 0 Å². The highest BCUT2D eigenvalue weighted by Gasteiger charge is 2.44. The van der Waals surface area contributed by atoms with Crippen molar-refractivity contribution >= 4 is 41.2 Å². The fourth-order valence-electron chi connectivity index (χ4n) is 4.59. The first-order valence-electron chi connectivity index (χ1n) is 12.2. The number of benzene rings is 3. The Morgan fingerprint density at radius 1 is 1.08 bits per heavy atom. The van der Waals surface area contributed by atoms with Crippen LogP contribution in [-0.4, -0.2) is 16.8 Å². The number of aromatic nitrogens is 1. The van der Waals surface area contributed by atoms with Gasteiger partial charge in [-0.2, -0.15) is 4.37 Å². The molecule has 1 N–H and O–H groups in total. The van der Waals surface area contributed by atoms with Crippen LogP contribution in [0.5, 0.6) is 0 Å². The number of aldehydes is 1. The van der Waals surface area contributed by atoms with Gasteiger partial charge in [-0.25, -0.2) is 4.79 Å². The van der Waals surface area contributed by atoms with Crippen molar-refractivity contribution in [3.05, 3.63) is 94.1 Å². The first-order chi connectivity index (χ1) is 17.8. The number of carbonyl (C=O) groups excluding carboxylic acids is 2. The molecule has 1 aromatic heterocycles. The summed E-state index contributed by atoms with van der Waals surface area (Å²) in [6, 6.07) is 21.8. The number of nitrogens with zero attached hydrogens (tertiary/aromatic N) is 1. The number of anilines is 1. The Bertz CT molecular complexity index is 1470. The molecule has 0 saturated heterocycles. The van der Waals surface area contributed by atoms with Gasteiger partial charge in [0.05, 0.1) is 21.7 Å². The largest absolute Gasteiger partial charge is 0.441 e. The molecule has 3 aromatic carbocycles. The lowest BCUT2D eigenvalue weighted by Crippen LogP contribution is -2.16. The van der Waals surface area contributed by atoms with Crippen LogP contribution < -0.4 is 5.32 Å². The highest BCUT2D eigenvalue weighted by molar-refractivity contribution is 7.10. The van der Waals surface area contributed by atoms with Gasteiger partial charge in [0.2, 0.25) is 0 Å². The van der Waals surface area contributed by atoms with Crippen molar-refractivity contribution in [1.82, 2.24) is 4.37 Å². The van der Waals surface area contributed by atoms with Gasteiger partial charge in [-0.1, -0.05) is 66.2 Å². The number of amides is 1. The van der Waals surface area contributed by atoms with E-state index in [-0.39, 0.29) is 5.41 Å². The molecule has 1 fully saturated rings. The molecule has 4 aromatic rings. The van der Waals surface area contributed by atoms with Crippen LogP contribution in [0.2, 0.25) is 5.02 Å². The van der Waals surface area contributed by atoms with E-state index in [4.69, 9.17) is 16.3 Å². The van der Waals surface area contributed by atoms with Crippen molar-refractivity contribution in [2.45, 2.75) is 45.1 Å². The molecule has 0 radical (unpaired) electrons. The Balaban J connectivity index is 1.34. The maximum atomic E-state index is 12.8. The van der Waals surface area contributed by atoms with Crippen molar-refractivity contribution in [1.29, 1.82) is 0 Å². The number of aryl methyl sites for hydroxylation is 2. The van der Waals surface area contributed by atoms with Crippen LogP contribution in [0.1, 0.15) is 48.3 Å². The lowest BCUT2D eigenvalue weighted by Gasteiger charge is -2.16. The second kappa shape index (κ2) is 10.1. The summed E-state index contributed by atoms with van der Waals surface area (Å²) in [6.07, 6.45) is 1.88. The molecule has 1 aliphatic rings. The molecule has 0 bridgehead atoms. The van der Waals surface area contributed by atoms with Gasteiger partial charge in [-0.15, -0.1) is 0 Å². The van der Waals surface area contributed by atoms with Gasteiger partial charge in [0, 0.05) is 10.6 Å². The Hall–Kier alpha value is -3.48. The van der Waals surface area contributed by atoms with E-state index in [2.05, 4.69) is 53.0 Å². The third kappa shape index (κ3) is 5.04. The smallest absolute Gasteiger partial charge is 0.412 e. The summed E-state index contributed by atoms with van der Waals surface area (Å²) in [5, 5.41) is 3.44. The Kier molecular flexibility index (Phi) is 6.88. The number of nitrogens with one attached hydrogen (secondary N) is 1. The number of carbonyl (C=O) groups is 2. The van der Waals surface area contributed by atoms with E-state index in [0.29, 0.717) is 10.7 Å². The summed E-state index contributed by atoms with van der Waals surface area (Å²) in [4.78, 5) is 25.1. The molecule has 1 saturated carbocycles. The van der Waals surface area contributed by atoms with Gasteiger partial charge in [0.1, 0.15) is 12.4 Å². The number of hydrogen-bond donors (Lipinski definition) is 1. The van der Waals surface area contributed by atoms with E-state index in [1.54, 1.807) is 13.0 Å². The van der Waals surface area contributed by atoms with Crippen molar-refractivity contribution in [2.75, 3.05) is 5.32 Å². The molecule has 1 amide bonds. The Morgan fingerprint density at radius 3 is 2.43 bits per heavy atom. The van der Waals surface area contributed by atoms with Crippen molar-refractivity contribution in [2.24, 2.45) is 0 Å². The van der Waals surface area contributed by atoms with Gasteiger partial charge >= 0.3 is 6.09 Å². The van der Waals surface area contributed by atoms with Crippen LogP contribution in [0.3, 0.4) is 0 Å². The monoisotopic (exact) mass is 530 g/mol. The van der Waals surface area contributed by atoms with Crippen LogP contribution in [0.4, 0.5) is 10.5 Å². The topological polar surface area (TPSA) is 68.3 Å². The fourth-order valence-corrected chi connectivity index (χ4v) is 5.73. The van der Waals surface area contributed by atoms with E-state index >= 15 is 0 Å². The average Bonchev–Trinajstić information content (AvgIpc) is 3.62. The van der Waals surface area contributed by atoms with Crippen molar-refractivity contribution in [3.8, 4) is 21.6 Å². The summed E-state index contributed by atoms with van der Waals surface area (Å²) in [6.45, 7) is 5.72. The molecule has 5 rings (SSSR count). The molecule has 0 spiro atoms. The Morgan fingerprint density at radius 2 is 1.78 bits per heavy atom. The molecular weight excluding hydrogens is 504 g/mol. The summed E-state index contributed by atoms with van der Waals surface area (Å²) in [5.41, 5.74) is 7.23. The lowest BCUT2D eigenvalue weighted by atomic mass is 9.93. The quantitative estimate of drug-likeness (QED) is 0.244. The standard InChI is InChI=1S/C30H27ClN2O3S/c1-18-16-22(10-13-24(18)21-8-11-23(12-9-21)30(17-34)14-15-30)28-27(19(2)33-37-28)32-29(35)36-20(3)25-6-4-5-7-26(25)31/h4-13,16-17,20H,14-15H2,1-3H3,(H,32,35)/t20-/m1/s1. The van der Waals surface area contributed by atoms with Crippen LogP contribution in [0.15, 0.2) is 66.7 Å². The minimum Gasteiger partial charge on any atom is -0.441 e. The summed E-state index contributed by atoms with van der Waals surface area (Å²) >= 11 is 7.59. The molecule has 37 heavy (non-hydrogen) atoms. The first-order valence-corrected chi connectivity index (χ1v) is 13.3. The highest BCUT2D eigenvalue weighted by atomic mass is 35.5. The predicted octanol–water partition coefficient (Wildman–Crippen LogP) is 8.29. The molecule has 0 aliphatic heterocycles. The van der Waals surface area contributed by atoms with E-state index < -0.39 is 12.2 Å². The van der Waals surface area contributed by atoms with Crippen LogP contribution in [0.25, 0.3) is 21.6 Å². The Labute approximate surface area is 225 Å². The maximum absolute atomic E-state index is 12.8. The normalized spacial score (nSPS) is 14.6. The molecule has 1 aliphatic carbocycles. The second-order valence-corrected chi connectivity index (χ2v) is 10.7. The zero-order valence-corrected chi connectivity index (χ0v) is 22.5. The SMILES string of the molecule is Cc1cc(-c2snc(C)c2NC(=O)O[C@H](C)c2ccccc2Cl)ccc1-c1ccc(C2(C=O)CC2)cc1. The predicted molar refractivity (Wildman–Crippen MR) is 149 cm³/mol. The molecule has 188 valence electrons. The van der Waals surface area contributed by atoms with Gasteiger partial charge in [-0.05, 0) is 85.1 Å². The number of halogens is 1. The number of rotatable bonds is 7. The summed E-state index contributed by atoms with van der Waals surface area (Å²) in [5.74, 6) is 0. The molecular formula is C30H27ClN2O3S. The van der Waals surface area contributed by atoms with E-state index in [9.17, 15) is 9.59 Å². The number of ether oxygens (including phenoxy) is 1. The third-order valence-corrected chi connectivity index (χ3v) is 8.32. The molecule has 5 nitrogen and oxygen atoms in total. The van der Waals surface area contributed by atoms with Gasteiger partial charge < -0.3 is 9.53 Å². The van der Waals surface area contributed by atoms with Crippen LogP contribution in [-0.2, 0) is 14.9 Å². The minimum absolute atomic E-state index is 0.267. The number of hydrogen-bond acceptors (Lipinski definition) is 5. The third-order valence-electron chi connectivity index (χ3n) is 6.99. The molecule has 0 unspecified atom stereocenters. The zero-order valence-electron chi connectivity index (χ0n) is 20.9. The fraction of sp³-hybridized carbons (Fsp3) is 0.233. The molecule has 1 atom stereocenters. The van der Waals surface area contributed by atoms with Crippen molar-refractivity contribution < 1.29 is 14.3 Å². The minimum atomic E-state index is -0.561. The maximum Gasteiger partial charge on any atom is 0.412 e. The first kappa shape index (κ1) is 25.2. The lowest BCUT2D eigenvalue weighted by molar-refractivity contribution is -0.109. The van der Waals surface area contributed by atoms with Gasteiger partial charge in [0.25, 0.3) is 0 Å². The van der Waals surface area contributed by atoms with Gasteiger partial charge in [-0.3, -0.25) is 5.32 Å². The van der Waals surface area contributed by atoms with E-state index in [1.165, 1.54) is 11.5 Å². The summed E-state index contributed by atoms with van der Waals surface area (Å²) < 4.78 is 10.1.